The number of nitrogens with one attached hydrogen (secondary N) is 1. The Balaban J connectivity index is 1.73. The molecule has 5 nitrogen and oxygen atoms in total. The maximum Gasteiger partial charge on any atom is 0.202 e. The first-order valence-electron chi connectivity index (χ1n) is 9.23. The van der Waals surface area contributed by atoms with Crippen molar-refractivity contribution in [2.45, 2.75) is 24.9 Å². The smallest absolute Gasteiger partial charge is 0.202 e. The van der Waals surface area contributed by atoms with Crippen molar-refractivity contribution in [3.05, 3.63) is 71.8 Å². The summed E-state index contributed by atoms with van der Waals surface area (Å²) in [5.74, 6) is 1.26. The van der Waals surface area contributed by atoms with E-state index in [0.717, 1.165) is 22.0 Å². The topological polar surface area (TPSA) is 43.2 Å². The van der Waals surface area contributed by atoms with Gasteiger partial charge >= 0.3 is 0 Å². The lowest BCUT2D eigenvalue weighted by atomic mass is 9.99. The average molecular weight is 380 g/mol. The normalized spacial score (nSPS) is 25.5. The second-order valence-electron chi connectivity index (χ2n) is 7.26. The zero-order chi connectivity index (χ0) is 19.0. The molecule has 0 amide bonds. The standard InChI is InChI=1S/C21H25N5S/c1-15(2)18-21(25(3)23-19(22-18)16-11-7-5-8-12-16)26(4)24-20(27-21)17-13-9-6-10-14-17/h5-15,18H,1-4H3,(H,22,23). The molecule has 0 saturated carbocycles. The van der Waals surface area contributed by atoms with Crippen LogP contribution in [0.25, 0.3) is 0 Å². The molecule has 0 radical (unpaired) electrons. The number of rotatable bonds is 3. The minimum Gasteiger partial charge on any atom is -0.300 e. The van der Waals surface area contributed by atoms with Crippen LogP contribution in [0.15, 0.2) is 70.8 Å². The molecule has 2 aromatic carbocycles. The molecule has 2 heterocycles. The summed E-state index contributed by atoms with van der Waals surface area (Å²) in [6, 6.07) is 20.7. The number of thioether (sulfide) groups is 1. The van der Waals surface area contributed by atoms with Gasteiger partial charge < -0.3 is 5.43 Å². The fourth-order valence-corrected chi connectivity index (χ4v) is 5.18. The van der Waals surface area contributed by atoms with E-state index in [2.05, 4.69) is 72.7 Å². The highest BCUT2D eigenvalue weighted by Gasteiger charge is 2.55. The van der Waals surface area contributed by atoms with Gasteiger partial charge in [-0.15, -0.1) is 0 Å². The molecule has 0 saturated heterocycles. The zero-order valence-electron chi connectivity index (χ0n) is 16.1. The van der Waals surface area contributed by atoms with E-state index in [9.17, 15) is 0 Å². The third-order valence-electron chi connectivity index (χ3n) is 5.06. The van der Waals surface area contributed by atoms with Crippen molar-refractivity contribution < 1.29 is 0 Å². The van der Waals surface area contributed by atoms with E-state index in [-0.39, 0.29) is 6.04 Å². The van der Waals surface area contributed by atoms with Gasteiger partial charge in [0.2, 0.25) is 4.99 Å². The number of likely N-dealkylation sites (N-methyl/N-ethyl adjacent to an activating group) is 2. The van der Waals surface area contributed by atoms with Crippen LogP contribution in [0.4, 0.5) is 0 Å². The monoisotopic (exact) mass is 379 g/mol. The maximum absolute atomic E-state index is 5.14. The fraction of sp³-hybridized carbons (Fsp3) is 0.333. The van der Waals surface area contributed by atoms with Gasteiger partial charge in [-0.2, -0.15) is 10.1 Å². The van der Waals surface area contributed by atoms with Gasteiger partial charge in [0.25, 0.3) is 0 Å². The molecule has 0 aliphatic carbocycles. The Kier molecular flexibility index (Phi) is 4.70. The Labute approximate surface area is 165 Å². The van der Waals surface area contributed by atoms with Crippen LogP contribution in [0.2, 0.25) is 0 Å². The predicted molar refractivity (Wildman–Crippen MR) is 114 cm³/mol. The van der Waals surface area contributed by atoms with E-state index in [1.54, 1.807) is 11.8 Å². The third kappa shape index (κ3) is 3.03. The molecule has 0 fully saturated rings. The molecule has 2 aliphatic rings. The second-order valence-corrected chi connectivity index (χ2v) is 8.45. The van der Waals surface area contributed by atoms with Gasteiger partial charge in [-0.3, -0.25) is 10.0 Å². The number of benzene rings is 2. The molecule has 0 aromatic heterocycles. The van der Waals surface area contributed by atoms with E-state index < -0.39 is 4.99 Å². The highest BCUT2D eigenvalue weighted by molar-refractivity contribution is 8.15. The van der Waals surface area contributed by atoms with E-state index in [1.165, 1.54) is 0 Å². The lowest BCUT2D eigenvalue weighted by molar-refractivity contribution is -0.00304. The molecule has 0 bridgehead atoms. The zero-order valence-corrected chi connectivity index (χ0v) is 16.9. The second kappa shape index (κ2) is 7.02. The highest BCUT2D eigenvalue weighted by Crippen LogP contribution is 2.46. The highest BCUT2D eigenvalue weighted by atomic mass is 32.2. The van der Waals surface area contributed by atoms with E-state index in [1.807, 2.05) is 31.3 Å². The molecular formula is C21H25N5S. The van der Waals surface area contributed by atoms with Crippen molar-refractivity contribution in [2.75, 3.05) is 14.1 Å². The molecule has 2 atom stereocenters. The minimum absolute atomic E-state index is 0.0546. The summed E-state index contributed by atoms with van der Waals surface area (Å²) >= 11 is 1.77. The number of hydrogen-bond donors (Lipinski definition) is 1. The number of hydrazone groups is 1. The molecule has 140 valence electrons. The molecule has 4 rings (SSSR count). The summed E-state index contributed by atoms with van der Waals surface area (Å²) in [5, 5.41) is 10.1. The maximum atomic E-state index is 5.14. The average Bonchev–Trinajstić information content (AvgIpc) is 3.03. The molecular weight excluding hydrogens is 354 g/mol. The van der Waals surface area contributed by atoms with Crippen LogP contribution < -0.4 is 5.43 Å². The number of hydrazine groups is 1. The molecule has 2 aromatic rings. The lowest BCUT2D eigenvalue weighted by Gasteiger charge is -2.50. The Morgan fingerprint density at radius 1 is 0.963 bits per heavy atom. The van der Waals surface area contributed by atoms with Crippen LogP contribution in [0.5, 0.6) is 0 Å². The van der Waals surface area contributed by atoms with Crippen molar-refractivity contribution in [1.29, 1.82) is 0 Å². The number of nitrogens with zero attached hydrogens (tertiary/aromatic N) is 4. The van der Waals surface area contributed by atoms with Crippen LogP contribution >= 0.6 is 11.8 Å². The molecule has 6 heteroatoms. The summed E-state index contributed by atoms with van der Waals surface area (Å²) in [7, 11) is 4.12. The molecule has 27 heavy (non-hydrogen) atoms. The van der Waals surface area contributed by atoms with E-state index in [0.29, 0.717) is 5.92 Å². The summed E-state index contributed by atoms with van der Waals surface area (Å²) in [6.07, 6.45) is 0. The minimum atomic E-state index is -0.405. The van der Waals surface area contributed by atoms with Crippen molar-refractivity contribution in [1.82, 2.24) is 15.4 Å². The van der Waals surface area contributed by atoms with Crippen molar-refractivity contribution in [2.24, 2.45) is 16.0 Å². The third-order valence-corrected chi connectivity index (χ3v) is 6.65. The van der Waals surface area contributed by atoms with Crippen molar-refractivity contribution in [3.8, 4) is 0 Å². The van der Waals surface area contributed by atoms with Gasteiger partial charge in [0, 0.05) is 25.2 Å². The van der Waals surface area contributed by atoms with E-state index >= 15 is 0 Å². The Morgan fingerprint density at radius 2 is 1.56 bits per heavy atom. The van der Waals surface area contributed by atoms with Crippen LogP contribution in [-0.4, -0.2) is 46.0 Å². The Hall–Kier alpha value is -2.31. The molecule has 2 aliphatic heterocycles. The van der Waals surface area contributed by atoms with Gasteiger partial charge in [0.1, 0.15) is 16.9 Å². The van der Waals surface area contributed by atoms with Gasteiger partial charge in [-0.1, -0.05) is 86.3 Å². The van der Waals surface area contributed by atoms with Crippen molar-refractivity contribution >= 4 is 22.6 Å². The molecule has 1 spiro atoms. The molecule has 1 N–H and O–H groups in total. The van der Waals surface area contributed by atoms with Gasteiger partial charge in [0.05, 0.1) is 0 Å². The number of aliphatic imine (C=N–C) groups is 1. The van der Waals surface area contributed by atoms with Crippen LogP contribution in [0.1, 0.15) is 25.0 Å². The summed E-state index contributed by atoms with van der Waals surface area (Å²) < 4.78 is 0. The Bertz CT molecular complexity index is 865. The van der Waals surface area contributed by atoms with Crippen LogP contribution in [0, 0.1) is 5.92 Å². The number of hydrogen-bond acceptors (Lipinski definition) is 6. The summed E-state index contributed by atoms with van der Waals surface area (Å²) in [6.45, 7) is 4.46. The van der Waals surface area contributed by atoms with Crippen LogP contribution in [-0.2, 0) is 0 Å². The first-order chi connectivity index (χ1) is 13.0. The van der Waals surface area contributed by atoms with Gasteiger partial charge in [-0.25, -0.2) is 0 Å². The molecule has 2 unspecified atom stereocenters. The lowest BCUT2D eigenvalue weighted by Crippen LogP contribution is -2.68. The first-order valence-corrected chi connectivity index (χ1v) is 10.0. The van der Waals surface area contributed by atoms with E-state index in [4.69, 9.17) is 10.1 Å². The predicted octanol–water partition coefficient (Wildman–Crippen LogP) is 3.60. The van der Waals surface area contributed by atoms with Crippen LogP contribution in [0.3, 0.4) is 0 Å². The fourth-order valence-electron chi connectivity index (χ4n) is 3.68. The Morgan fingerprint density at radius 3 is 2.15 bits per heavy atom. The quantitative estimate of drug-likeness (QED) is 0.885. The van der Waals surface area contributed by atoms with Gasteiger partial charge in [-0.05, 0) is 5.92 Å². The summed E-state index contributed by atoms with van der Waals surface area (Å²) in [5.41, 5.74) is 5.74. The summed E-state index contributed by atoms with van der Waals surface area (Å²) in [4.78, 5) is 4.74. The van der Waals surface area contributed by atoms with Gasteiger partial charge in [0.15, 0.2) is 0 Å². The number of amidine groups is 1. The SMILES string of the molecule is CC(C)C1N=C(c2ccccc2)NN(C)C12SC(c1ccccc1)=NN2C. The first kappa shape index (κ1) is 18.1. The van der Waals surface area contributed by atoms with Crippen molar-refractivity contribution in [3.63, 3.8) is 0 Å². The largest absolute Gasteiger partial charge is 0.300 e.